The van der Waals surface area contributed by atoms with Gasteiger partial charge in [0.1, 0.15) is 5.76 Å². The van der Waals surface area contributed by atoms with Crippen LogP contribution in [0.15, 0.2) is 72.3 Å². The number of Topliss-reactive ketones (excluding diaryl/α,β-unsaturated/α-hetero) is 1. The van der Waals surface area contributed by atoms with Crippen LogP contribution in [0.4, 0.5) is 11.4 Å². The molecule has 7 nitrogen and oxygen atoms in total. The minimum Gasteiger partial charge on any atom is -0.507 e. The third-order valence-electron chi connectivity index (χ3n) is 5.50. The molecule has 0 radical (unpaired) electrons. The van der Waals surface area contributed by atoms with Crippen molar-refractivity contribution in [1.82, 2.24) is 0 Å². The monoisotopic (exact) mass is 510 g/mol. The summed E-state index contributed by atoms with van der Waals surface area (Å²) >= 11 is 12.5. The van der Waals surface area contributed by atoms with E-state index < -0.39 is 23.5 Å². The molecule has 1 heterocycles. The third kappa shape index (κ3) is 4.60. The number of halogens is 2. The van der Waals surface area contributed by atoms with Crippen molar-refractivity contribution in [3.63, 3.8) is 0 Å². The first-order valence-electron chi connectivity index (χ1n) is 10.5. The molecule has 3 aromatic rings. The first-order valence-corrected chi connectivity index (χ1v) is 11.3. The molecule has 1 aliphatic heterocycles. The predicted octanol–water partition coefficient (Wildman–Crippen LogP) is 5.59. The Bertz CT molecular complexity index is 1330. The average molecular weight is 511 g/mol. The molecule has 1 saturated heterocycles. The van der Waals surface area contributed by atoms with E-state index in [0.717, 1.165) is 0 Å². The fraction of sp³-hybridized carbons (Fsp3) is 0.115. The maximum Gasteiger partial charge on any atom is 0.300 e. The van der Waals surface area contributed by atoms with E-state index in [-0.39, 0.29) is 32.8 Å². The van der Waals surface area contributed by atoms with Gasteiger partial charge in [0, 0.05) is 23.9 Å². The number of hydrogen-bond donors (Lipinski definition) is 2. The number of aliphatic hydroxyl groups is 1. The smallest absolute Gasteiger partial charge is 0.300 e. The summed E-state index contributed by atoms with van der Waals surface area (Å²) in [6.07, 6.45) is 0. The Morgan fingerprint density at radius 1 is 1.00 bits per heavy atom. The highest BCUT2D eigenvalue weighted by Gasteiger charge is 2.47. The minimum atomic E-state index is -0.914. The summed E-state index contributed by atoms with van der Waals surface area (Å²) in [6, 6.07) is 17.3. The van der Waals surface area contributed by atoms with Crippen LogP contribution >= 0.6 is 23.2 Å². The highest BCUT2D eigenvalue weighted by molar-refractivity contribution is 6.51. The maximum absolute atomic E-state index is 13.2. The molecule has 4 rings (SSSR count). The van der Waals surface area contributed by atoms with Gasteiger partial charge >= 0.3 is 0 Å². The van der Waals surface area contributed by atoms with E-state index in [2.05, 4.69) is 5.32 Å². The van der Waals surface area contributed by atoms with Gasteiger partial charge in [0.2, 0.25) is 5.91 Å². The summed E-state index contributed by atoms with van der Waals surface area (Å²) in [6.45, 7) is 1.39. The summed E-state index contributed by atoms with van der Waals surface area (Å²) in [5.41, 5.74) is 1.63. The Labute approximate surface area is 211 Å². The average Bonchev–Trinajstić information content (AvgIpc) is 3.09. The van der Waals surface area contributed by atoms with Crippen molar-refractivity contribution in [3.05, 3.63) is 93.5 Å². The zero-order valence-corrected chi connectivity index (χ0v) is 20.2. The summed E-state index contributed by atoms with van der Waals surface area (Å²) in [5, 5.41) is 14.2. The van der Waals surface area contributed by atoms with Gasteiger partial charge in [-0.15, -0.1) is 0 Å². The quantitative estimate of drug-likeness (QED) is 0.265. The second-order valence-electron chi connectivity index (χ2n) is 7.78. The zero-order valence-electron chi connectivity index (χ0n) is 18.7. The van der Waals surface area contributed by atoms with E-state index >= 15 is 0 Å². The van der Waals surface area contributed by atoms with Crippen LogP contribution in [0.1, 0.15) is 24.1 Å². The standard InChI is InChI=1S/C26H20Cl2N2O5/c1-14(31)29-17-8-10-18(11-9-17)30-22(15-6-4-3-5-7-15)21(24(33)26(30)34)23(32)16-12-19(27)25(35-2)20(28)13-16/h3-13,22,32H,1-2H3,(H,29,31)/b23-21+. The number of hydrogen-bond acceptors (Lipinski definition) is 5. The molecule has 0 aliphatic carbocycles. The first kappa shape index (κ1) is 24.3. The fourth-order valence-corrected chi connectivity index (χ4v) is 4.65. The summed E-state index contributed by atoms with van der Waals surface area (Å²) in [5.74, 6) is -2.09. The van der Waals surface area contributed by atoms with Crippen molar-refractivity contribution >= 4 is 57.9 Å². The molecule has 0 bridgehead atoms. The lowest BCUT2D eigenvalue weighted by Gasteiger charge is -2.25. The molecule has 2 N–H and O–H groups in total. The molecule has 35 heavy (non-hydrogen) atoms. The van der Waals surface area contributed by atoms with Crippen molar-refractivity contribution in [3.8, 4) is 5.75 Å². The van der Waals surface area contributed by atoms with Crippen LogP contribution < -0.4 is 15.0 Å². The molecule has 1 unspecified atom stereocenters. The molecule has 0 saturated carbocycles. The molecule has 0 spiro atoms. The Balaban J connectivity index is 1.88. The van der Waals surface area contributed by atoms with Crippen LogP contribution in [-0.2, 0) is 14.4 Å². The van der Waals surface area contributed by atoms with E-state index in [4.69, 9.17) is 27.9 Å². The second kappa shape index (κ2) is 9.82. The number of ketones is 1. The van der Waals surface area contributed by atoms with Crippen LogP contribution in [0.5, 0.6) is 5.75 Å². The third-order valence-corrected chi connectivity index (χ3v) is 6.06. The zero-order chi connectivity index (χ0) is 25.3. The number of nitrogens with zero attached hydrogens (tertiary/aromatic N) is 1. The minimum absolute atomic E-state index is 0.107. The molecule has 1 fully saturated rings. The number of ether oxygens (including phenoxy) is 1. The van der Waals surface area contributed by atoms with Crippen LogP contribution in [0, 0.1) is 0 Å². The largest absolute Gasteiger partial charge is 0.507 e. The number of amides is 2. The van der Waals surface area contributed by atoms with Crippen LogP contribution in [0.25, 0.3) is 5.76 Å². The Kier molecular flexibility index (Phi) is 6.82. The highest BCUT2D eigenvalue weighted by Crippen LogP contribution is 2.43. The summed E-state index contributed by atoms with van der Waals surface area (Å²) in [4.78, 5) is 39.1. The van der Waals surface area contributed by atoms with Gasteiger partial charge in [-0.05, 0) is 42.0 Å². The van der Waals surface area contributed by atoms with Gasteiger partial charge in [0.15, 0.2) is 5.75 Å². The van der Waals surface area contributed by atoms with Crippen LogP contribution in [0.2, 0.25) is 10.0 Å². The van der Waals surface area contributed by atoms with Crippen molar-refractivity contribution in [2.24, 2.45) is 0 Å². The van der Waals surface area contributed by atoms with Gasteiger partial charge in [0.05, 0.1) is 28.8 Å². The molecular formula is C26H20Cl2N2O5. The van der Waals surface area contributed by atoms with E-state index in [1.54, 1.807) is 54.6 Å². The Morgan fingerprint density at radius 3 is 2.14 bits per heavy atom. The Hall–Kier alpha value is -3.81. The van der Waals surface area contributed by atoms with Gasteiger partial charge < -0.3 is 15.2 Å². The Morgan fingerprint density at radius 2 is 1.60 bits per heavy atom. The highest BCUT2D eigenvalue weighted by atomic mass is 35.5. The molecule has 2 amide bonds. The number of aliphatic hydroxyl groups excluding tert-OH is 1. The van der Waals surface area contributed by atoms with Gasteiger partial charge in [-0.3, -0.25) is 19.3 Å². The molecule has 1 aliphatic rings. The topological polar surface area (TPSA) is 95.9 Å². The van der Waals surface area contributed by atoms with Crippen LogP contribution in [0.3, 0.4) is 0 Å². The summed E-state index contributed by atoms with van der Waals surface area (Å²) < 4.78 is 5.16. The number of nitrogens with one attached hydrogen (secondary N) is 1. The molecule has 0 aromatic heterocycles. The van der Waals surface area contributed by atoms with E-state index in [9.17, 15) is 19.5 Å². The number of benzene rings is 3. The van der Waals surface area contributed by atoms with Crippen molar-refractivity contribution in [1.29, 1.82) is 0 Å². The van der Waals surface area contributed by atoms with E-state index in [1.807, 2.05) is 0 Å². The second-order valence-corrected chi connectivity index (χ2v) is 8.60. The molecule has 9 heteroatoms. The number of rotatable bonds is 5. The number of carbonyl (C=O) groups is 3. The van der Waals surface area contributed by atoms with Gasteiger partial charge in [-0.25, -0.2) is 0 Å². The van der Waals surface area contributed by atoms with Crippen molar-refractivity contribution in [2.75, 3.05) is 17.3 Å². The molecular weight excluding hydrogens is 491 g/mol. The lowest BCUT2D eigenvalue weighted by atomic mass is 9.95. The number of carbonyl (C=O) groups excluding carboxylic acids is 3. The summed E-state index contributed by atoms with van der Waals surface area (Å²) in [7, 11) is 1.41. The predicted molar refractivity (Wildman–Crippen MR) is 135 cm³/mol. The molecule has 1 atom stereocenters. The lowest BCUT2D eigenvalue weighted by Crippen LogP contribution is -2.29. The molecule has 3 aromatic carbocycles. The van der Waals surface area contributed by atoms with E-state index in [1.165, 1.54) is 31.1 Å². The van der Waals surface area contributed by atoms with Crippen molar-refractivity contribution < 1.29 is 24.2 Å². The normalized spacial score (nSPS) is 16.9. The van der Waals surface area contributed by atoms with E-state index in [0.29, 0.717) is 16.9 Å². The maximum atomic E-state index is 13.2. The number of anilines is 2. The van der Waals surface area contributed by atoms with Gasteiger partial charge in [0.25, 0.3) is 11.7 Å². The fourth-order valence-electron chi connectivity index (χ4n) is 4.01. The van der Waals surface area contributed by atoms with Gasteiger partial charge in [-0.2, -0.15) is 0 Å². The lowest BCUT2D eigenvalue weighted by molar-refractivity contribution is -0.132. The SMILES string of the molecule is COc1c(Cl)cc(/C(O)=C2\C(=O)C(=O)N(c3ccc(NC(C)=O)cc3)C2c2ccccc2)cc1Cl. The van der Waals surface area contributed by atoms with Crippen molar-refractivity contribution in [2.45, 2.75) is 13.0 Å². The number of methoxy groups -OCH3 is 1. The molecule has 178 valence electrons. The first-order chi connectivity index (χ1) is 16.7. The van der Waals surface area contributed by atoms with Gasteiger partial charge in [-0.1, -0.05) is 53.5 Å². The van der Waals surface area contributed by atoms with Crippen LogP contribution in [-0.4, -0.2) is 29.8 Å².